The van der Waals surface area contributed by atoms with Gasteiger partial charge in [0, 0.05) is 11.0 Å². The first-order chi connectivity index (χ1) is 9.63. The topological polar surface area (TPSA) is 85.4 Å². The lowest BCUT2D eigenvalue weighted by Gasteiger charge is -2.17. The summed E-state index contributed by atoms with van der Waals surface area (Å²) < 4.78 is 5.02. The maximum absolute atomic E-state index is 11.9. The van der Waals surface area contributed by atoms with E-state index in [2.05, 4.69) is 5.32 Å². The van der Waals surface area contributed by atoms with Gasteiger partial charge in [0.2, 0.25) is 0 Å². The fourth-order valence-corrected chi connectivity index (χ4v) is 2.68. The van der Waals surface area contributed by atoms with Crippen molar-refractivity contribution in [2.75, 3.05) is 5.32 Å². The Balaban J connectivity index is 1.92. The van der Waals surface area contributed by atoms with Crippen molar-refractivity contribution in [2.45, 2.75) is 4.90 Å². The van der Waals surface area contributed by atoms with Gasteiger partial charge in [-0.1, -0.05) is 23.9 Å². The predicted molar refractivity (Wildman–Crippen MR) is 74.3 cm³/mol. The van der Waals surface area contributed by atoms with E-state index in [0.717, 1.165) is 10.6 Å². The highest BCUT2D eigenvalue weighted by Gasteiger charge is 2.21. The van der Waals surface area contributed by atoms with E-state index >= 15 is 0 Å². The van der Waals surface area contributed by atoms with Crippen molar-refractivity contribution in [3.05, 3.63) is 57.2 Å². The molecule has 0 fully saturated rings. The number of carbonyl (C=O) groups excluding carboxylic acids is 1. The fraction of sp³-hybridized carbons (Fsp3) is 0. The van der Waals surface area contributed by atoms with Crippen molar-refractivity contribution in [1.82, 2.24) is 0 Å². The molecule has 0 atom stereocenters. The Hall–Kier alpha value is -2.54. The summed E-state index contributed by atoms with van der Waals surface area (Å²) in [6, 6.07) is 10.1. The summed E-state index contributed by atoms with van der Waals surface area (Å²) in [5, 5.41) is 13.3. The van der Waals surface area contributed by atoms with Crippen molar-refractivity contribution in [1.29, 1.82) is 0 Å². The van der Waals surface area contributed by atoms with E-state index in [1.165, 1.54) is 30.0 Å². The van der Waals surface area contributed by atoms with E-state index in [4.69, 9.17) is 4.42 Å². The molecule has 0 unspecified atom stereocenters. The Labute approximate surface area is 117 Å². The molecule has 0 bridgehead atoms. The van der Waals surface area contributed by atoms with E-state index in [1.54, 1.807) is 0 Å². The lowest BCUT2D eigenvalue weighted by atomic mass is 10.3. The molecule has 2 aromatic rings. The third kappa shape index (κ3) is 2.30. The molecular weight excluding hydrogens is 280 g/mol. The highest BCUT2D eigenvalue weighted by Crippen LogP contribution is 2.38. The molecular formula is C13H8N2O4S. The molecule has 0 spiro atoms. The zero-order valence-electron chi connectivity index (χ0n) is 10.0. The van der Waals surface area contributed by atoms with Crippen LogP contribution in [0.4, 0.5) is 11.6 Å². The standard InChI is InChI=1S/C13H8N2O4S/c16-13-11(7-8-5-6-12(19-8)15(17)18)20-10-4-2-1-3-9(10)14-13/h1-7H,(H,14,16)/b11-7-. The van der Waals surface area contributed by atoms with Crippen LogP contribution in [0.3, 0.4) is 0 Å². The number of fused-ring (bicyclic) bond motifs is 1. The Morgan fingerprint density at radius 1 is 1.25 bits per heavy atom. The summed E-state index contributed by atoms with van der Waals surface area (Å²) in [6.07, 6.45) is 1.49. The largest absolute Gasteiger partial charge is 0.433 e. The molecule has 0 saturated heterocycles. The average molecular weight is 288 g/mol. The number of thioether (sulfide) groups is 1. The summed E-state index contributed by atoms with van der Waals surface area (Å²) in [5.41, 5.74) is 0.755. The first kappa shape index (κ1) is 12.5. The number of nitrogens with zero attached hydrogens (tertiary/aromatic N) is 1. The normalized spacial score (nSPS) is 15.8. The number of furan rings is 1. The second kappa shape index (κ2) is 4.86. The zero-order chi connectivity index (χ0) is 14.1. The highest BCUT2D eigenvalue weighted by atomic mass is 32.2. The van der Waals surface area contributed by atoms with Gasteiger partial charge in [-0.3, -0.25) is 14.9 Å². The molecule has 6 nitrogen and oxygen atoms in total. The van der Waals surface area contributed by atoms with Gasteiger partial charge >= 0.3 is 5.88 Å². The first-order valence-corrected chi connectivity index (χ1v) is 6.49. The van der Waals surface area contributed by atoms with Crippen LogP contribution in [-0.4, -0.2) is 10.8 Å². The number of hydrogen-bond acceptors (Lipinski definition) is 5. The second-order valence-corrected chi connectivity index (χ2v) is 5.08. The smallest absolute Gasteiger partial charge is 0.401 e. The lowest BCUT2D eigenvalue weighted by Crippen LogP contribution is -2.16. The Morgan fingerprint density at radius 2 is 2.05 bits per heavy atom. The van der Waals surface area contributed by atoms with Crippen LogP contribution in [0, 0.1) is 10.1 Å². The number of nitro groups is 1. The summed E-state index contributed by atoms with van der Waals surface area (Å²) in [7, 11) is 0. The molecule has 0 saturated carbocycles. The quantitative estimate of drug-likeness (QED) is 0.520. The number of hydrogen-bond donors (Lipinski definition) is 1. The second-order valence-electron chi connectivity index (χ2n) is 3.99. The van der Waals surface area contributed by atoms with Crippen LogP contribution in [0.25, 0.3) is 6.08 Å². The molecule has 1 N–H and O–H groups in total. The molecule has 1 aromatic carbocycles. The molecule has 2 heterocycles. The zero-order valence-corrected chi connectivity index (χ0v) is 10.8. The minimum absolute atomic E-state index is 0.257. The highest BCUT2D eigenvalue weighted by molar-refractivity contribution is 8.04. The van der Waals surface area contributed by atoms with Gasteiger partial charge in [0.15, 0.2) is 0 Å². The summed E-state index contributed by atoms with van der Waals surface area (Å²) >= 11 is 1.30. The number of rotatable bonds is 2. The third-order valence-corrected chi connectivity index (χ3v) is 3.74. The van der Waals surface area contributed by atoms with E-state index < -0.39 is 4.92 Å². The van der Waals surface area contributed by atoms with Gasteiger partial charge in [-0.05, 0) is 18.2 Å². The van der Waals surface area contributed by atoms with Gasteiger partial charge in [0.1, 0.15) is 10.7 Å². The number of para-hydroxylation sites is 1. The van der Waals surface area contributed by atoms with Gasteiger partial charge in [0.25, 0.3) is 5.91 Å². The van der Waals surface area contributed by atoms with Crippen LogP contribution < -0.4 is 5.32 Å². The summed E-state index contributed by atoms with van der Waals surface area (Å²) in [4.78, 5) is 23.2. The van der Waals surface area contributed by atoms with Crippen molar-refractivity contribution < 1.29 is 14.1 Å². The molecule has 20 heavy (non-hydrogen) atoms. The van der Waals surface area contributed by atoms with Gasteiger partial charge in [-0.25, -0.2) is 0 Å². The van der Waals surface area contributed by atoms with Crippen LogP contribution >= 0.6 is 11.8 Å². The number of nitrogens with one attached hydrogen (secondary N) is 1. The summed E-state index contributed by atoms with van der Waals surface area (Å²) in [6.45, 7) is 0. The lowest BCUT2D eigenvalue weighted by molar-refractivity contribution is -0.402. The number of benzene rings is 1. The molecule has 1 aliphatic heterocycles. The van der Waals surface area contributed by atoms with E-state index in [0.29, 0.717) is 4.91 Å². The van der Waals surface area contributed by atoms with Crippen molar-refractivity contribution in [2.24, 2.45) is 0 Å². The van der Waals surface area contributed by atoms with Crippen LogP contribution in [0.1, 0.15) is 5.76 Å². The average Bonchev–Trinajstić information content (AvgIpc) is 2.88. The Morgan fingerprint density at radius 3 is 2.80 bits per heavy atom. The van der Waals surface area contributed by atoms with E-state index in [9.17, 15) is 14.9 Å². The van der Waals surface area contributed by atoms with Crippen LogP contribution in [0.5, 0.6) is 0 Å². The molecule has 100 valence electrons. The molecule has 1 amide bonds. The number of amides is 1. The maximum Gasteiger partial charge on any atom is 0.433 e. The SMILES string of the molecule is O=C1Nc2ccccc2S/C1=C\c1ccc([N+](=O)[O-])o1. The van der Waals surface area contributed by atoms with E-state index in [-0.39, 0.29) is 17.6 Å². The molecule has 0 radical (unpaired) electrons. The molecule has 0 aliphatic carbocycles. The Kier molecular flexibility index (Phi) is 3.03. The van der Waals surface area contributed by atoms with Crippen molar-refractivity contribution in [3.63, 3.8) is 0 Å². The van der Waals surface area contributed by atoms with Crippen molar-refractivity contribution in [3.8, 4) is 0 Å². The van der Waals surface area contributed by atoms with Gasteiger partial charge in [0.05, 0.1) is 16.7 Å². The van der Waals surface area contributed by atoms with E-state index in [1.807, 2.05) is 24.3 Å². The molecule has 1 aromatic heterocycles. The predicted octanol–water partition coefficient (Wildman–Crippen LogP) is 3.27. The monoisotopic (exact) mass is 288 g/mol. The first-order valence-electron chi connectivity index (χ1n) is 5.67. The van der Waals surface area contributed by atoms with Crippen LogP contribution in [0.2, 0.25) is 0 Å². The number of anilines is 1. The minimum atomic E-state index is -0.620. The number of carbonyl (C=O) groups is 1. The molecule has 3 rings (SSSR count). The van der Waals surface area contributed by atoms with Crippen LogP contribution in [-0.2, 0) is 4.79 Å². The van der Waals surface area contributed by atoms with Gasteiger partial charge in [-0.2, -0.15) is 0 Å². The molecule has 7 heteroatoms. The Bertz CT molecular complexity index is 735. The molecule has 1 aliphatic rings. The van der Waals surface area contributed by atoms with Crippen molar-refractivity contribution >= 4 is 35.3 Å². The van der Waals surface area contributed by atoms with Gasteiger partial charge < -0.3 is 9.73 Å². The third-order valence-electron chi connectivity index (χ3n) is 2.64. The minimum Gasteiger partial charge on any atom is -0.401 e. The summed E-state index contributed by atoms with van der Waals surface area (Å²) in [5.74, 6) is -0.333. The van der Waals surface area contributed by atoms with Gasteiger partial charge in [-0.15, -0.1) is 0 Å². The van der Waals surface area contributed by atoms with Crippen LogP contribution in [0.15, 0.2) is 50.6 Å². The fourth-order valence-electron chi connectivity index (χ4n) is 1.75. The maximum atomic E-state index is 11.9.